The van der Waals surface area contributed by atoms with Crippen LogP contribution in [0.3, 0.4) is 0 Å². The van der Waals surface area contributed by atoms with Gasteiger partial charge >= 0.3 is 7.60 Å². The number of methoxy groups -OCH3 is 1. The number of rotatable bonds is 28. The second kappa shape index (κ2) is 22.7. The maximum absolute atomic E-state index is 12.4. The van der Waals surface area contributed by atoms with Crippen LogP contribution in [0.15, 0.2) is 11.1 Å². The highest BCUT2D eigenvalue weighted by atomic mass is 31.2. The number of hydrogen-bond donors (Lipinski definition) is 3. The molecule has 0 aliphatic heterocycles. The molecule has 2 rings (SSSR count). The Morgan fingerprint density at radius 1 is 0.930 bits per heavy atom. The fourth-order valence-electron chi connectivity index (χ4n) is 4.99. The number of unbranched alkanes of at least 4 members (excludes halogenated alkanes) is 15. The molecule has 0 aliphatic rings. The van der Waals surface area contributed by atoms with E-state index in [1.54, 1.807) is 4.57 Å². The number of fused-ring (bicyclic) bond motifs is 1. The van der Waals surface area contributed by atoms with E-state index in [2.05, 4.69) is 21.9 Å². The SMILES string of the molecule is CCCCCCCCCCCCCCCCCCOCCOP(=O)(O)COC(COC)Cn1cnc2c(=O)[nH]c(N)nc21. The van der Waals surface area contributed by atoms with Crippen LogP contribution in [0.4, 0.5) is 5.95 Å². The Hall–Kier alpha value is -1.82. The smallest absolute Gasteiger partial charge is 0.353 e. The van der Waals surface area contributed by atoms with Crippen molar-refractivity contribution in [3.05, 3.63) is 16.7 Å². The maximum Gasteiger partial charge on any atom is 0.353 e. The molecule has 0 aromatic carbocycles. The first-order valence-electron chi connectivity index (χ1n) is 16.2. The lowest BCUT2D eigenvalue weighted by molar-refractivity contribution is 0.00122. The summed E-state index contributed by atoms with van der Waals surface area (Å²) in [6.45, 7) is 3.45. The Morgan fingerprint density at radius 3 is 2.09 bits per heavy atom. The number of anilines is 1. The number of H-pyrrole nitrogens is 1. The van der Waals surface area contributed by atoms with Gasteiger partial charge in [-0.2, -0.15) is 4.98 Å². The average Bonchev–Trinajstić information content (AvgIpc) is 3.37. The first-order chi connectivity index (χ1) is 20.9. The molecule has 0 fully saturated rings. The van der Waals surface area contributed by atoms with E-state index in [-0.39, 0.29) is 43.5 Å². The number of nitrogens with zero attached hydrogens (tertiary/aromatic N) is 3. The Kier molecular flexibility index (Phi) is 19.7. The topological polar surface area (TPSA) is 164 Å². The summed E-state index contributed by atoms with van der Waals surface area (Å²) >= 11 is 0. The minimum atomic E-state index is -3.99. The molecule has 4 N–H and O–H groups in total. The van der Waals surface area contributed by atoms with Crippen LogP contribution in [0.2, 0.25) is 0 Å². The first-order valence-corrected chi connectivity index (χ1v) is 18.0. The van der Waals surface area contributed by atoms with E-state index in [0.717, 1.165) is 12.8 Å². The lowest BCUT2D eigenvalue weighted by Gasteiger charge is -2.20. The molecule has 2 atom stereocenters. The van der Waals surface area contributed by atoms with Crippen LogP contribution in [0.1, 0.15) is 110 Å². The minimum Gasteiger partial charge on any atom is -0.382 e. The van der Waals surface area contributed by atoms with Crippen LogP contribution in [0.25, 0.3) is 11.2 Å². The molecule has 2 unspecified atom stereocenters. The molecule has 0 spiro atoms. The number of imidazole rings is 1. The van der Waals surface area contributed by atoms with Gasteiger partial charge in [0.25, 0.3) is 5.56 Å². The molecule has 0 saturated carbocycles. The number of aromatic amines is 1. The van der Waals surface area contributed by atoms with Gasteiger partial charge in [-0.3, -0.25) is 14.3 Å². The Balaban J connectivity index is 1.46. The quantitative estimate of drug-likeness (QED) is 0.0732. The molecule has 12 nitrogen and oxygen atoms in total. The summed E-state index contributed by atoms with van der Waals surface area (Å²) in [7, 11) is -2.50. The van der Waals surface area contributed by atoms with Crippen molar-refractivity contribution < 1.29 is 28.2 Å². The minimum absolute atomic E-state index is 0.00305. The molecule has 2 aromatic rings. The highest BCUT2D eigenvalue weighted by molar-refractivity contribution is 7.52. The molecular formula is C30H56N5O7P. The Labute approximate surface area is 257 Å². The summed E-state index contributed by atoms with van der Waals surface area (Å²) < 4.78 is 35.6. The first kappa shape index (κ1) is 37.4. The van der Waals surface area contributed by atoms with Gasteiger partial charge in [-0.1, -0.05) is 103 Å². The van der Waals surface area contributed by atoms with Crippen LogP contribution < -0.4 is 11.3 Å². The van der Waals surface area contributed by atoms with Crippen LogP contribution in [0, 0.1) is 0 Å². The van der Waals surface area contributed by atoms with Gasteiger partial charge < -0.3 is 33.9 Å². The highest BCUT2D eigenvalue weighted by Crippen LogP contribution is 2.41. The van der Waals surface area contributed by atoms with Gasteiger partial charge in [0.15, 0.2) is 11.2 Å². The molecule has 0 saturated heterocycles. The third-order valence-corrected chi connectivity index (χ3v) is 8.44. The molecule has 13 heteroatoms. The van der Waals surface area contributed by atoms with Crippen molar-refractivity contribution in [1.82, 2.24) is 19.5 Å². The second-order valence-corrected chi connectivity index (χ2v) is 13.1. The monoisotopic (exact) mass is 629 g/mol. The van der Waals surface area contributed by atoms with E-state index < -0.39 is 25.6 Å². The normalized spacial score (nSPS) is 13.9. The van der Waals surface area contributed by atoms with Crippen LogP contribution >= 0.6 is 7.60 Å². The molecule has 248 valence electrons. The number of aromatic nitrogens is 4. The number of nitrogens with two attached hydrogens (primary N) is 1. The summed E-state index contributed by atoms with van der Waals surface area (Å²) in [5.74, 6) is -0.0336. The molecule has 0 bridgehead atoms. The zero-order chi connectivity index (χ0) is 31.2. The maximum atomic E-state index is 12.4. The van der Waals surface area contributed by atoms with Gasteiger partial charge in [0.2, 0.25) is 5.95 Å². The molecule has 43 heavy (non-hydrogen) atoms. The molecule has 0 aliphatic carbocycles. The number of nitrogens with one attached hydrogen (secondary N) is 1. The van der Waals surface area contributed by atoms with E-state index in [1.807, 2.05) is 0 Å². The fraction of sp³-hybridized carbons (Fsp3) is 0.833. The largest absolute Gasteiger partial charge is 0.382 e. The van der Waals surface area contributed by atoms with Gasteiger partial charge in [0.05, 0.1) is 38.8 Å². The van der Waals surface area contributed by atoms with Crippen molar-refractivity contribution in [2.24, 2.45) is 0 Å². The zero-order valence-electron chi connectivity index (χ0n) is 26.5. The van der Waals surface area contributed by atoms with Gasteiger partial charge in [-0.15, -0.1) is 0 Å². The molecule has 2 heterocycles. The van der Waals surface area contributed by atoms with Crippen molar-refractivity contribution in [2.45, 2.75) is 122 Å². The van der Waals surface area contributed by atoms with Crippen LogP contribution in [0.5, 0.6) is 0 Å². The number of ether oxygens (including phenoxy) is 3. The Bertz CT molecular complexity index is 1100. The molecule has 0 radical (unpaired) electrons. The molecule has 2 aromatic heterocycles. The standard InChI is InChI=1S/C30H56N5O7P/c1-3-4-5-6-7-8-9-10-11-12-13-14-15-16-17-18-19-40-20-21-42-43(37,38)25-41-26(23-39-2)22-35-24-32-27-28(35)33-30(31)34-29(27)36/h24,26H,3-23,25H2,1-2H3,(H,37,38)(H3,31,33,34,36). The summed E-state index contributed by atoms with van der Waals surface area (Å²) in [5, 5.41) is 0. The van der Waals surface area contributed by atoms with E-state index in [0.29, 0.717) is 6.61 Å². The predicted octanol–water partition coefficient (Wildman–Crippen LogP) is 6.17. The summed E-state index contributed by atoms with van der Waals surface area (Å²) in [5.41, 5.74) is 5.62. The summed E-state index contributed by atoms with van der Waals surface area (Å²) in [6.07, 6.45) is 21.5. The number of hydrogen-bond acceptors (Lipinski definition) is 9. The third kappa shape index (κ3) is 16.7. The van der Waals surface area contributed by atoms with Gasteiger partial charge in [-0.25, -0.2) is 4.98 Å². The van der Waals surface area contributed by atoms with E-state index in [1.165, 1.54) is 103 Å². The van der Waals surface area contributed by atoms with Crippen molar-refractivity contribution in [1.29, 1.82) is 0 Å². The van der Waals surface area contributed by atoms with Gasteiger partial charge in [0, 0.05) is 13.7 Å². The van der Waals surface area contributed by atoms with Gasteiger partial charge in [-0.05, 0) is 6.42 Å². The number of nitrogen functional groups attached to an aromatic ring is 1. The summed E-state index contributed by atoms with van der Waals surface area (Å²) in [4.78, 5) is 32.7. The Morgan fingerprint density at radius 2 is 1.51 bits per heavy atom. The lowest BCUT2D eigenvalue weighted by Crippen LogP contribution is -2.26. The predicted molar refractivity (Wildman–Crippen MR) is 170 cm³/mol. The lowest BCUT2D eigenvalue weighted by atomic mass is 10.0. The average molecular weight is 630 g/mol. The van der Waals surface area contributed by atoms with E-state index in [4.69, 9.17) is 24.5 Å². The fourth-order valence-corrected chi connectivity index (χ4v) is 5.83. The van der Waals surface area contributed by atoms with Crippen molar-refractivity contribution in [3.63, 3.8) is 0 Å². The van der Waals surface area contributed by atoms with Crippen molar-refractivity contribution >= 4 is 24.7 Å². The van der Waals surface area contributed by atoms with E-state index >= 15 is 0 Å². The van der Waals surface area contributed by atoms with Crippen LogP contribution in [-0.4, -0.2) is 70.4 Å². The molecular weight excluding hydrogens is 573 g/mol. The van der Waals surface area contributed by atoms with Gasteiger partial charge in [0.1, 0.15) is 6.35 Å². The second-order valence-electron chi connectivity index (χ2n) is 11.3. The summed E-state index contributed by atoms with van der Waals surface area (Å²) in [6, 6.07) is 0. The van der Waals surface area contributed by atoms with Crippen molar-refractivity contribution in [3.8, 4) is 0 Å². The highest BCUT2D eigenvalue weighted by Gasteiger charge is 2.23. The third-order valence-electron chi connectivity index (χ3n) is 7.38. The van der Waals surface area contributed by atoms with E-state index in [9.17, 15) is 14.3 Å². The van der Waals surface area contributed by atoms with Crippen LogP contribution in [-0.2, 0) is 29.8 Å². The molecule has 0 amide bonds. The van der Waals surface area contributed by atoms with Crippen molar-refractivity contribution in [2.75, 3.05) is 45.6 Å². The zero-order valence-corrected chi connectivity index (χ0v) is 27.4.